The van der Waals surface area contributed by atoms with E-state index >= 15 is 0 Å². The Morgan fingerprint density at radius 2 is 2.05 bits per heavy atom. The van der Waals surface area contributed by atoms with Crippen LogP contribution >= 0.6 is 15.9 Å². The standard InChI is InChI=1S/C13H16BrFN2O3/c1-20-13(19)17-7-5-12(18)16-6-4-9-2-3-11(15)10(14)8-9/h2-3,8H,4-7H2,1H3,(H,16,18)(H,17,19). The molecule has 2 amide bonds. The first kappa shape index (κ1) is 16.4. The van der Waals surface area contributed by atoms with E-state index in [-0.39, 0.29) is 24.7 Å². The van der Waals surface area contributed by atoms with Gasteiger partial charge in [-0.25, -0.2) is 9.18 Å². The molecule has 0 radical (unpaired) electrons. The topological polar surface area (TPSA) is 67.4 Å². The van der Waals surface area contributed by atoms with Crippen molar-refractivity contribution in [2.75, 3.05) is 20.2 Å². The van der Waals surface area contributed by atoms with Crippen molar-refractivity contribution in [3.05, 3.63) is 34.1 Å². The van der Waals surface area contributed by atoms with Crippen LogP contribution < -0.4 is 10.6 Å². The molecule has 7 heteroatoms. The maximum atomic E-state index is 13.0. The Hall–Kier alpha value is -1.63. The predicted octanol–water partition coefficient (Wildman–Crippen LogP) is 1.99. The number of hydrogen-bond donors (Lipinski definition) is 2. The van der Waals surface area contributed by atoms with Crippen LogP contribution in [-0.4, -0.2) is 32.2 Å². The number of benzene rings is 1. The summed E-state index contributed by atoms with van der Waals surface area (Å²) in [5.41, 5.74) is 0.922. The fraction of sp³-hybridized carbons (Fsp3) is 0.385. The summed E-state index contributed by atoms with van der Waals surface area (Å²) in [5, 5.41) is 5.13. The number of hydrogen-bond acceptors (Lipinski definition) is 3. The van der Waals surface area contributed by atoms with Gasteiger partial charge in [0.1, 0.15) is 5.82 Å². The highest BCUT2D eigenvalue weighted by Gasteiger charge is 2.04. The van der Waals surface area contributed by atoms with E-state index in [1.165, 1.54) is 13.2 Å². The molecule has 0 aliphatic heterocycles. The van der Waals surface area contributed by atoms with Crippen molar-refractivity contribution in [3.63, 3.8) is 0 Å². The Morgan fingerprint density at radius 3 is 2.70 bits per heavy atom. The van der Waals surface area contributed by atoms with Crippen LogP contribution in [0, 0.1) is 5.82 Å². The minimum absolute atomic E-state index is 0.164. The second-order valence-corrected chi connectivity index (χ2v) is 4.87. The van der Waals surface area contributed by atoms with E-state index in [0.717, 1.165) is 5.56 Å². The zero-order valence-corrected chi connectivity index (χ0v) is 12.6. The SMILES string of the molecule is COC(=O)NCCC(=O)NCCc1ccc(F)c(Br)c1. The molecule has 0 unspecified atom stereocenters. The zero-order chi connectivity index (χ0) is 15.0. The third-order valence-corrected chi connectivity index (χ3v) is 3.13. The molecule has 0 saturated heterocycles. The van der Waals surface area contributed by atoms with Crippen molar-refractivity contribution in [2.24, 2.45) is 0 Å². The van der Waals surface area contributed by atoms with Gasteiger partial charge in [0.25, 0.3) is 0 Å². The van der Waals surface area contributed by atoms with Gasteiger partial charge in [0.2, 0.25) is 5.91 Å². The van der Waals surface area contributed by atoms with Crippen molar-refractivity contribution in [1.29, 1.82) is 0 Å². The van der Waals surface area contributed by atoms with E-state index in [4.69, 9.17) is 0 Å². The molecule has 110 valence electrons. The molecule has 1 aromatic rings. The van der Waals surface area contributed by atoms with Crippen molar-refractivity contribution in [3.8, 4) is 0 Å². The number of alkyl carbamates (subject to hydrolysis) is 1. The number of ether oxygens (including phenoxy) is 1. The van der Waals surface area contributed by atoms with Gasteiger partial charge in [-0.05, 0) is 40.0 Å². The number of nitrogens with one attached hydrogen (secondary N) is 2. The van der Waals surface area contributed by atoms with Gasteiger partial charge in [0, 0.05) is 19.5 Å². The summed E-state index contributed by atoms with van der Waals surface area (Å²) in [7, 11) is 1.26. The number of rotatable bonds is 6. The molecule has 0 saturated carbocycles. The summed E-state index contributed by atoms with van der Waals surface area (Å²) >= 11 is 3.11. The molecule has 0 atom stereocenters. The number of halogens is 2. The summed E-state index contributed by atoms with van der Waals surface area (Å²) in [6, 6.07) is 4.73. The van der Waals surface area contributed by atoms with E-state index in [1.54, 1.807) is 12.1 Å². The number of amides is 2. The van der Waals surface area contributed by atoms with Crippen LogP contribution in [0.2, 0.25) is 0 Å². The third-order valence-electron chi connectivity index (χ3n) is 2.53. The maximum absolute atomic E-state index is 13.0. The zero-order valence-electron chi connectivity index (χ0n) is 11.0. The van der Waals surface area contributed by atoms with Gasteiger partial charge in [-0.3, -0.25) is 4.79 Å². The summed E-state index contributed by atoms with van der Waals surface area (Å²) in [5.74, 6) is -0.478. The average Bonchev–Trinajstić information content (AvgIpc) is 2.42. The van der Waals surface area contributed by atoms with Crippen molar-refractivity contribution >= 4 is 27.9 Å². The molecule has 20 heavy (non-hydrogen) atoms. The minimum Gasteiger partial charge on any atom is -0.453 e. The molecule has 1 rings (SSSR count). The van der Waals surface area contributed by atoms with Crippen LogP contribution in [0.25, 0.3) is 0 Å². The maximum Gasteiger partial charge on any atom is 0.406 e. The molecule has 1 aromatic carbocycles. The van der Waals surface area contributed by atoms with Gasteiger partial charge in [0.05, 0.1) is 11.6 Å². The van der Waals surface area contributed by atoms with Crippen molar-refractivity contribution in [1.82, 2.24) is 10.6 Å². The number of carbonyl (C=O) groups excluding carboxylic acids is 2. The highest BCUT2D eigenvalue weighted by molar-refractivity contribution is 9.10. The van der Waals surface area contributed by atoms with Crippen LogP contribution in [-0.2, 0) is 16.0 Å². The largest absolute Gasteiger partial charge is 0.453 e. The monoisotopic (exact) mass is 346 g/mol. The van der Waals surface area contributed by atoms with Crippen LogP contribution in [0.4, 0.5) is 9.18 Å². The molecule has 0 spiro atoms. The van der Waals surface area contributed by atoms with Gasteiger partial charge in [-0.15, -0.1) is 0 Å². The van der Waals surface area contributed by atoms with Crippen LogP contribution in [0.3, 0.4) is 0 Å². The summed E-state index contributed by atoms with van der Waals surface area (Å²) in [6.07, 6.45) is 0.228. The first-order chi connectivity index (χ1) is 9.52. The van der Waals surface area contributed by atoms with Gasteiger partial charge in [0.15, 0.2) is 0 Å². The first-order valence-corrected chi connectivity index (χ1v) is 6.84. The van der Waals surface area contributed by atoms with Crippen molar-refractivity contribution in [2.45, 2.75) is 12.8 Å². The van der Waals surface area contributed by atoms with E-state index in [9.17, 15) is 14.0 Å². The molecule has 0 heterocycles. The fourth-order valence-corrected chi connectivity index (χ4v) is 1.91. The highest BCUT2D eigenvalue weighted by atomic mass is 79.9. The number of carbonyl (C=O) groups is 2. The molecule has 0 aromatic heterocycles. The average molecular weight is 347 g/mol. The normalized spacial score (nSPS) is 9.95. The molecule has 0 bridgehead atoms. The van der Waals surface area contributed by atoms with E-state index in [2.05, 4.69) is 31.3 Å². The van der Waals surface area contributed by atoms with Gasteiger partial charge in [-0.2, -0.15) is 0 Å². The van der Waals surface area contributed by atoms with Crippen molar-refractivity contribution < 1.29 is 18.7 Å². The second-order valence-electron chi connectivity index (χ2n) is 4.02. The molecular weight excluding hydrogens is 331 g/mol. The van der Waals surface area contributed by atoms with E-state index in [0.29, 0.717) is 17.4 Å². The Kier molecular flexibility index (Phi) is 7.00. The fourth-order valence-electron chi connectivity index (χ4n) is 1.48. The Balaban J connectivity index is 2.21. The Bertz CT molecular complexity index is 483. The van der Waals surface area contributed by atoms with Gasteiger partial charge < -0.3 is 15.4 Å². The van der Waals surface area contributed by atoms with Gasteiger partial charge >= 0.3 is 6.09 Å². The number of methoxy groups -OCH3 is 1. The lowest BCUT2D eigenvalue weighted by Gasteiger charge is -2.06. The first-order valence-electron chi connectivity index (χ1n) is 6.05. The lowest BCUT2D eigenvalue weighted by Crippen LogP contribution is -2.31. The minimum atomic E-state index is -0.561. The molecule has 5 nitrogen and oxygen atoms in total. The molecular formula is C13H16BrFN2O3. The smallest absolute Gasteiger partial charge is 0.406 e. The van der Waals surface area contributed by atoms with E-state index < -0.39 is 6.09 Å². The Morgan fingerprint density at radius 1 is 1.30 bits per heavy atom. The third kappa shape index (κ3) is 6.01. The lowest BCUT2D eigenvalue weighted by molar-refractivity contribution is -0.120. The summed E-state index contributed by atoms with van der Waals surface area (Å²) < 4.78 is 17.8. The quantitative estimate of drug-likeness (QED) is 0.827. The molecule has 2 N–H and O–H groups in total. The Labute approximate surface area is 125 Å². The molecule has 0 fully saturated rings. The van der Waals surface area contributed by atoms with Gasteiger partial charge in [-0.1, -0.05) is 6.07 Å². The molecule has 0 aliphatic carbocycles. The van der Waals surface area contributed by atoms with Crippen LogP contribution in [0.15, 0.2) is 22.7 Å². The molecule has 0 aliphatic rings. The highest BCUT2D eigenvalue weighted by Crippen LogP contribution is 2.16. The second kappa shape index (κ2) is 8.52. The lowest BCUT2D eigenvalue weighted by atomic mass is 10.1. The summed E-state index contributed by atoms with van der Waals surface area (Å²) in [6.45, 7) is 0.676. The summed E-state index contributed by atoms with van der Waals surface area (Å²) in [4.78, 5) is 22.2. The predicted molar refractivity (Wildman–Crippen MR) is 75.8 cm³/mol. The van der Waals surface area contributed by atoms with Crippen LogP contribution in [0.1, 0.15) is 12.0 Å². The van der Waals surface area contributed by atoms with E-state index in [1.807, 2.05) is 0 Å². The van der Waals surface area contributed by atoms with Crippen LogP contribution in [0.5, 0.6) is 0 Å².